The van der Waals surface area contributed by atoms with Gasteiger partial charge in [0.2, 0.25) is 11.8 Å². The van der Waals surface area contributed by atoms with Gasteiger partial charge in [0.1, 0.15) is 0 Å². The number of pyridine rings is 2. The minimum Gasteiger partial charge on any atom is -0.481 e. The molecule has 35 heavy (non-hydrogen) atoms. The molecular formula is C27H34N4O4. The number of nitrogens with one attached hydrogen (secondary N) is 1. The zero-order valence-electron chi connectivity index (χ0n) is 20.3. The van der Waals surface area contributed by atoms with E-state index in [0.717, 1.165) is 69.8 Å². The second-order valence-corrected chi connectivity index (χ2v) is 9.67. The van der Waals surface area contributed by atoms with Gasteiger partial charge in [-0.3, -0.25) is 9.78 Å². The highest BCUT2D eigenvalue weighted by molar-refractivity contribution is 5.95. The molecule has 1 saturated carbocycles. The van der Waals surface area contributed by atoms with E-state index >= 15 is 0 Å². The van der Waals surface area contributed by atoms with Gasteiger partial charge in [-0.15, -0.1) is 0 Å². The van der Waals surface area contributed by atoms with Crippen molar-refractivity contribution in [3.63, 3.8) is 0 Å². The lowest BCUT2D eigenvalue weighted by Crippen LogP contribution is -2.42. The SMILES string of the molecule is COc1ccc(N2CCC(CC3(C(=O)Nc4cncc(/C=C/C(=O)O)c4)CCCCC3)CC2)cn1. The van der Waals surface area contributed by atoms with Gasteiger partial charge in [0.15, 0.2) is 0 Å². The van der Waals surface area contributed by atoms with E-state index in [9.17, 15) is 9.59 Å². The first kappa shape index (κ1) is 24.7. The summed E-state index contributed by atoms with van der Waals surface area (Å²) in [5, 5.41) is 12.0. The monoisotopic (exact) mass is 478 g/mol. The highest BCUT2D eigenvalue weighted by Gasteiger charge is 2.41. The summed E-state index contributed by atoms with van der Waals surface area (Å²) in [5.74, 6) is 0.173. The molecule has 2 aromatic heterocycles. The molecule has 0 atom stereocenters. The number of hydrogen-bond acceptors (Lipinski definition) is 6. The normalized spacial score (nSPS) is 18.4. The van der Waals surface area contributed by atoms with Gasteiger partial charge in [-0.25, -0.2) is 9.78 Å². The second kappa shape index (κ2) is 11.3. The third kappa shape index (κ3) is 6.38. The zero-order valence-corrected chi connectivity index (χ0v) is 20.3. The summed E-state index contributed by atoms with van der Waals surface area (Å²) in [5.41, 5.74) is 2.00. The molecule has 2 fully saturated rings. The van der Waals surface area contributed by atoms with Crippen LogP contribution in [0.2, 0.25) is 0 Å². The van der Waals surface area contributed by atoms with Crippen LogP contribution in [-0.4, -0.2) is 47.2 Å². The third-order valence-electron chi connectivity index (χ3n) is 7.32. The van der Waals surface area contributed by atoms with E-state index in [1.807, 2.05) is 12.3 Å². The molecule has 4 rings (SSSR count). The Kier molecular flexibility index (Phi) is 8.00. The summed E-state index contributed by atoms with van der Waals surface area (Å²) in [7, 11) is 1.62. The van der Waals surface area contributed by atoms with E-state index in [2.05, 4.69) is 26.3 Å². The molecule has 1 amide bonds. The van der Waals surface area contributed by atoms with Crippen molar-refractivity contribution in [1.82, 2.24) is 9.97 Å². The fourth-order valence-corrected chi connectivity index (χ4v) is 5.43. The van der Waals surface area contributed by atoms with Crippen molar-refractivity contribution in [2.24, 2.45) is 11.3 Å². The molecule has 0 spiro atoms. The Morgan fingerprint density at radius 3 is 2.60 bits per heavy atom. The molecule has 2 aliphatic rings. The molecule has 8 nitrogen and oxygen atoms in total. The van der Waals surface area contributed by atoms with Crippen molar-refractivity contribution >= 4 is 29.3 Å². The molecule has 0 unspecified atom stereocenters. The first-order valence-electron chi connectivity index (χ1n) is 12.4. The number of carbonyl (C=O) groups excluding carboxylic acids is 1. The van der Waals surface area contributed by atoms with Crippen molar-refractivity contribution in [2.75, 3.05) is 30.4 Å². The van der Waals surface area contributed by atoms with Crippen LogP contribution in [0, 0.1) is 11.3 Å². The number of anilines is 2. The number of amides is 1. The molecule has 186 valence electrons. The number of nitrogens with zero attached hydrogens (tertiary/aromatic N) is 3. The van der Waals surface area contributed by atoms with Crippen LogP contribution in [-0.2, 0) is 9.59 Å². The Balaban J connectivity index is 1.40. The zero-order chi connectivity index (χ0) is 24.7. The average Bonchev–Trinajstić information content (AvgIpc) is 2.89. The molecule has 1 saturated heterocycles. The number of carboxylic acids is 1. The fourth-order valence-electron chi connectivity index (χ4n) is 5.43. The Morgan fingerprint density at radius 2 is 1.94 bits per heavy atom. The number of piperidine rings is 1. The summed E-state index contributed by atoms with van der Waals surface area (Å²) < 4.78 is 5.16. The minimum absolute atomic E-state index is 0.0696. The summed E-state index contributed by atoms with van der Waals surface area (Å²) >= 11 is 0. The molecule has 1 aliphatic heterocycles. The summed E-state index contributed by atoms with van der Waals surface area (Å²) in [4.78, 5) is 35.3. The van der Waals surface area contributed by atoms with E-state index in [1.165, 1.54) is 12.5 Å². The number of rotatable bonds is 8. The molecule has 0 aromatic carbocycles. The quantitative estimate of drug-likeness (QED) is 0.526. The average molecular weight is 479 g/mol. The summed E-state index contributed by atoms with van der Waals surface area (Å²) in [6, 6.07) is 5.71. The van der Waals surface area contributed by atoms with Gasteiger partial charge in [0.25, 0.3) is 0 Å². The number of aliphatic carboxylic acids is 1. The minimum atomic E-state index is -1.02. The lowest BCUT2D eigenvalue weighted by Gasteiger charge is -2.41. The smallest absolute Gasteiger partial charge is 0.328 e. The van der Waals surface area contributed by atoms with Crippen LogP contribution < -0.4 is 15.0 Å². The highest BCUT2D eigenvalue weighted by Crippen LogP contribution is 2.44. The second-order valence-electron chi connectivity index (χ2n) is 9.67. The van der Waals surface area contributed by atoms with Crippen molar-refractivity contribution < 1.29 is 19.4 Å². The van der Waals surface area contributed by atoms with Crippen molar-refractivity contribution in [3.8, 4) is 5.88 Å². The molecule has 1 aliphatic carbocycles. The van der Waals surface area contributed by atoms with Gasteiger partial charge in [-0.2, -0.15) is 0 Å². The highest BCUT2D eigenvalue weighted by atomic mass is 16.5. The fraction of sp³-hybridized carbons (Fsp3) is 0.481. The number of carboxylic acid groups (broad SMARTS) is 1. The predicted octanol–water partition coefficient (Wildman–Crippen LogP) is 4.78. The largest absolute Gasteiger partial charge is 0.481 e. The number of carbonyl (C=O) groups is 2. The van der Waals surface area contributed by atoms with Crippen LogP contribution >= 0.6 is 0 Å². The van der Waals surface area contributed by atoms with E-state index in [1.54, 1.807) is 25.6 Å². The van der Waals surface area contributed by atoms with E-state index in [4.69, 9.17) is 9.84 Å². The van der Waals surface area contributed by atoms with Crippen LogP contribution in [0.5, 0.6) is 5.88 Å². The van der Waals surface area contributed by atoms with Crippen molar-refractivity contribution in [2.45, 2.75) is 51.4 Å². The number of aromatic nitrogens is 2. The van der Waals surface area contributed by atoms with Gasteiger partial charge < -0.3 is 20.1 Å². The van der Waals surface area contributed by atoms with E-state index < -0.39 is 5.97 Å². The third-order valence-corrected chi connectivity index (χ3v) is 7.32. The Labute approximate surface area is 206 Å². The van der Waals surface area contributed by atoms with E-state index in [0.29, 0.717) is 23.0 Å². The number of methoxy groups -OCH3 is 1. The number of hydrogen-bond donors (Lipinski definition) is 2. The van der Waals surface area contributed by atoms with Gasteiger partial charge in [0, 0.05) is 36.8 Å². The predicted molar refractivity (Wildman–Crippen MR) is 135 cm³/mol. The van der Waals surface area contributed by atoms with Crippen molar-refractivity contribution in [1.29, 1.82) is 0 Å². The molecular weight excluding hydrogens is 444 g/mol. The first-order chi connectivity index (χ1) is 17.0. The molecule has 8 heteroatoms. The Morgan fingerprint density at radius 1 is 1.17 bits per heavy atom. The maximum Gasteiger partial charge on any atom is 0.328 e. The van der Waals surface area contributed by atoms with Crippen LogP contribution in [0.15, 0.2) is 42.9 Å². The summed E-state index contributed by atoms with van der Waals surface area (Å²) in [6.07, 6.45) is 15.8. The van der Waals surface area contributed by atoms with Crippen LogP contribution in [0.4, 0.5) is 11.4 Å². The van der Waals surface area contributed by atoms with Crippen LogP contribution in [0.25, 0.3) is 6.08 Å². The van der Waals surface area contributed by atoms with Gasteiger partial charge in [-0.1, -0.05) is 19.3 Å². The number of ether oxygens (including phenoxy) is 1. The lowest BCUT2D eigenvalue weighted by molar-refractivity contribution is -0.131. The maximum atomic E-state index is 13.6. The molecule has 0 radical (unpaired) electrons. The van der Waals surface area contributed by atoms with Gasteiger partial charge in [-0.05, 0) is 61.8 Å². The molecule has 2 N–H and O–H groups in total. The molecule has 2 aromatic rings. The van der Waals surface area contributed by atoms with Gasteiger partial charge >= 0.3 is 5.97 Å². The van der Waals surface area contributed by atoms with Crippen LogP contribution in [0.3, 0.4) is 0 Å². The van der Waals surface area contributed by atoms with Crippen molar-refractivity contribution in [3.05, 3.63) is 48.4 Å². The van der Waals surface area contributed by atoms with E-state index in [-0.39, 0.29) is 11.3 Å². The Bertz CT molecular complexity index is 1040. The maximum absolute atomic E-state index is 13.6. The summed E-state index contributed by atoms with van der Waals surface area (Å²) in [6.45, 7) is 1.91. The van der Waals surface area contributed by atoms with Crippen LogP contribution in [0.1, 0.15) is 56.9 Å². The lowest BCUT2D eigenvalue weighted by atomic mass is 9.67. The standard InChI is InChI=1S/C27H34N4O4/c1-35-24-7-6-23(19-29-24)31-13-9-20(10-14-31)16-27(11-3-2-4-12-27)26(34)30-22-15-21(17-28-18-22)5-8-25(32)33/h5-8,15,17-20H,2-4,9-14,16H2,1H3,(H,30,34)(H,32,33)/b8-5+. The molecule has 3 heterocycles. The van der Waals surface area contributed by atoms with Gasteiger partial charge in [0.05, 0.1) is 30.9 Å². The molecule has 0 bridgehead atoms. The Hall–Kier alpha value is -3.42. The topological polar surface area (TPSA) is 105 Å². The first-order valence-corrected chi connectivity index (χ1v) is 12.4.